The number of hydrogen-bond acceptors (Lipinski definition) is 3. The van der Waals surface area contributed by atoms with E-state index in [1.54, 1.807) is 11.8 Å². The highest BCUT2D eigenvalue weighted by molar-refractivity contribution is 7.98. The van der Waals surface area contributed by atoms with E-state index in [0.717, 1.165) is 18.6 Å². The van der Waals surface area contributed by atoms with Crippen molar-refractivity contribution in [2.24, 2.45) is 11.7 Å². The standard InChI is InChI=1S/C12H24N2OS.ClH/c1-16-8-4-7-12(15)14-11-6-3-2-5-10(11)9-13;/h10-11H,2-9,13H2,1H3,(H,14,15);1H. The third-order valence-corrected chi connectivity index (χ3v) is 4.01. The summed E-state index contributed by atoms with van der Waals surface area (Å²) in [6.45, 7) is 0.704. The van der Waals surface area contributed by atoms with Gasteiger partial charge in [-0.1, -0.05) is 12.8 Å². The molecule has 0 spiro atoms. The van der Waals surface area contributed by atoms with Crippen LogP contribution < -0.4 is 11.1 Å². The van der Waals surface area contributed by atoms with Gasteiger partial charge in [0.05, 0.1) is 0 Å². The maximum Gasteiger partial charge on any atom is 0.220 e. The van der Waals surface area contributed by atoms with E-state index in [2.05, 4.69) is 11.6 Å². The minimum absolute atomic E-state index is 0. The predicted molar refractivity (Wildman–Crippen MR) is 77.8 cm³/mol. The second-order valence-electron chi connectivity index (χ2n) is 4.55. The highest BCUT2D eigenvalue weighted by Gasteiger charge is 2.24. The number of carbonyl (C=O) groups excluding carboxylic acids is 1. The molecule has 0 saturated heterocycles. The Hall–Kier alpha value is 0.0700. The Bertz CT molecular complexity index is 217. The molecule has 0 aromatic carbocycles. The first-order valence-corrected chi connectivity index (χ1v) is 7.65. The fraction of sp³-hybridized carbons (Fsp3) is 0.917. The van der Waals surface area contributed by atoms with Crippen LogP contribution in [0, 0.1) is 5.92 Å². The van der Waals surface area contributed by atoms with Crippen molar-refractivity contribution >= 4 is 30.1 Å². The zero-order valence-corrected chi connectivity index (χ0v) is 12.2. The van der Waals surface area contributed by atoms with Crippen LogP contribution in [0.1, 0.15) is 38.5 Å². The number of rotatable bonds is 6. The largest absolute Gasteiger partial charge is 0.353 e. The smallest absolute Gasteiger partial charge is 0.220 e. The number of nitrogens with two attached hydrogens (primary N) is 1. The summed E-state index contributed by atoms with van der Waals surface area (Å²) in [5, 5.41) is 3.15. The topological polar surface area (TPSA) is 55.1 Å². The Morgan fingerprint density at radius 2 is 2.12 bits per heavy atom. The van der Waals surface area contributed by atoms with Gasteiger partial charge < -0.3 is 11.1 Å². The molecule has 0 bridgehead atoms. The van der Waals surface area contributed by atoms with Crippen molar-refractivity contribution in [2.75, 3.05) is 18.6 Å². The van der Waals surface area contributed by atoms with E-state index in [1.165, 1.54) is 19.3 Å². The monoisotopic (exact) mass is 280 g/mol. The molecule has 1 rings (SSSR count). The minimum atomic E-state index is 0. The van der Waals surface area contributed by atoms with Gasteiger partial charge in [-0.2, -0.15) is 11.8 Å². The molecule has 1 aliphatic carbocycles. The van der Waals surface area contributed by atoms with Gasteiger partial charge in [0.1, 0.15) is 0 Å². The Morgan fingerprint density at radius 1 is 1.41 bits per heavy atom. The fourth-order valence-electron chi connectivity index (χ4n) is 2.34. The molecule has 1 aliphatic rings. The van der Waals surface area contributed by atoms with E-state index in [1.807, 2.05) is 0 Å². The molecule has 0 heterocycles. The van der Waals surface area contributed by atoms with Gasteiger partial charge in [-0.05, 0) is 43.7 Å². The van der Waals surface area contributed by atoms with Gasteiger partial charge in [0.15, 0.2) is 0 Å². The van der Waals surface area contributed by atoms with Crippen LogP contribution in [-0.2, 0) is 4.79 Å². The molecule has 1 saturated carbocycles. The Kier molecular flexibility index (Phi) is 10.1. The van der Waals surface area contributed by atoms with Crippen molar-refractivity contribution in [3.05, 3.63) is 0 Å². The Balaban J connectivity index is 0.00000256. The van der Waals surface area contributed by atoms with Crippen LogP contribution in [0.25, 0.3) is 0 Å². The summed E-state index contributed by atoms with van der Waals surface area (Å²) in [5.41, 5.74) is 5.74. The maximum atomic E-state index is 11.7. The average Bonchev–Trinajstić information content (AvgIpc) is 2.30. The van der Waals surface area contributed by atoms with E-state index in [0.29, 0.717) is 24.9 Å². The normalized spacial score (nSPS) is 23.9. The molecule has 0 aromatic heterocycles. The molecule has 102 valence electrons. The molecule has 0 radical (unpaired) electrons. The van der Waals surface area contributed by atoms with Gasteiger partial charge >= 0.3 is 0 Å². The zero-order valence-electron chi connectivity index (χ0n) is 10.6. The third-order valence-electron chi connectivity index (χ3n) is 3.31. The minimum Gasteiger partial charge on any atom is -0.353 e. The van der Waals surface area contributed by atoms with Gasteiger partial charge in [-0.15, -0.1) is 12.4 Å². The first-order valence-electron chi connectivity index (χ1n) is 6.26. The molecule has 0 aromatic rings. The van der Waals surface area contributed by atoms with Crippen LogP contribution >= 0.6 is 24.2 Å². The third kappa shape index (κ3) is 6.53. The van der Waals surface area contributed by atoms with Gasteiger partial charge in [0, 0.05) is 12.5 Å². The Morgan fingerprint density at radius 3 is 2.76 bits per heavy atom. The highest BCUT2D eigenvalue weighted by Crippen LogP contribution is 2.23. The predicted octanol–water partition coefficient (Wildman–Crippen LogP) is 2.19. The van der Waals surface area contributed by atoms with Gasteiger partial charge in [0.25, 0.3) is 0 Å². The fourth-order valence-corrected chi connectivity index (χ4v) is 2.77. The van der Waals surface area contributed by atoms with Crippen molar-refractivity contribution in [1.29, 1.82) is 0 Å². The van der Waals surface area contributed by atoms with Crippen LogP contribution in [-0.4, -0.2) is 30.5 Å². The average molecular weight is 281 g/mol. The molecule has 5 heteroatoms. The summed E-state index contributed by atoms with van der Waals surface area (Å²) in [5.74, 6) is 1.77. The molecule has 0 aliphatic heterocycles. The van der Waals surface area contributed by atoms with E-state index < -0.39 is 0 Å². The Labute approximate surface area is 115 Å². The first-order chi connectivity index (χ1) is 7.77. The van der Waals surface area contributed by atoms with E-state index in [4.69, 9.17) is 5.73 Å². The number of halogens is 1. The zero-order chi connectivity index (χ0) is 11.8. The SMILES string of the molecule is CSCCCC(=O)NC1CCCCC1CN.Cl. The lowest BCUT2D eigenvalue weighted by Gasteiger charge is -2.31. The summed E-state index contributed by atoms with van der Waals surface area (Å²) in [6.07, 6.45) is 8.49. The van der Waals surface area contributed by atoms with Crippen molar-refractivity contribution < 1.29 is 4.79 Å². The lowest BCUT2D eigenvalue weighted by molar-refractivity contribution is -0.122. The number of carbonyl (C=O) groups is 1. The summed E-state index contributed by atoms with van der Waals surface area (Å²) in [4.78, 5) is 11.7. The molecule has 2 unspecified atom stereocenters. The second-order valence-corrected chi connectivity index (χ2v) is 5.54. The molecule has 2 atom stereocenters. The lowest BCUT2D eigenvalue weighted by atomic mass is 9.84. The van der Waals surface area contributed by atoms with Crippen LogP contribution in [0.3, 0.4) is 0 Å². The van der Waals surface area contributed by atoms with Crippen molar-refractivity contribution in [3.63, 3.8) is 0 Å². The van der Waals surface area contributed by atoms with Crippen LogP contribution in [0.4, 0.5) is 0 Å². The summed E-state index contributed by atoms with van der Waals surface area (Å²) in [7, 11) is 0. The number of amides is 1. The van der Waals surface area contributed by atoms with Gasteiger partial charge in [0.2, 0.25) is 5.91 Å². The van der Waals surface area contributed by atoms with Crippen molar-refractivity contribution in [2.45, 2.75) is 44.6 Å². The first kappa shape index (κ1) is 17.1. The van der Waals surface area contributed by atoms with Gasteiger partial charge in [-0.25, -0.2) is 0 Å². The van der Waals surface area contributed by atoms with E-state index >= 15 is 0 Å². The lowest BCUT2D eigenvalue weighted by Crippen LogP contribution is -2.44. The molecule has 1 amide bonds. The molecule has 3 N–H and O–H groups in total. The highest BCUT2D eigenvalue weighted by atomic mass is 35.5. The molecule has 3 nitrogen and oxygen atoms in total. The maximum absolute atomic E-state index is 11.7. The summed E-state index contributed by atoms with van der Waals surface area (Å²) in [6, 6.07) is 0.334. The van der Waals surface area contributed by atoms with E-state index in [-0.39, 0.29) is 18.3 Å². The van der Waals surface area contributed by atoms with Crippen LogP contribution in [0.5, 0.6) is 0 Å². The molecular formula is C12H25ClN2OS. The number of hydrogen-bond donors (Lipinski definition) is 2. The molecule has 17 heavy (non-hydrogen) atoms. The summed E-state index contributed by atoms with van der Waals surface area (Å²) < 4.78 is 0. The van der Waals surface area contributed by atoms with E-state index in [9.17, 15) is 4.79 Å². The summed E-state index contributed by atoms with van der Waals surface area (Å²) >= 11 is 1.79. The number of nitrogens with one attached hydrogen (secondary N) is 1. The van der Waals surface area contributed by atoms with Crippen molar-refractivity contribution in [3.8, 4) is 0 Å². The quantitative estimate of drug-likeness (QED) is 0.734. The van der Waals surface area contributed by atoms with Gasteiger partial charge in [-0.3, -0.25) is 4.79 Å². The second kappa shape index (κ2) is 10.0. The molecular weight excluding hydrogens is 256 g/mol. The van der Waals surface area contributed by atoms with Crippen LogP contribution in [0.15, 0.2) is 0 Å². The van der Waals surface area contributed by atoms with Crippen LogP contribution in [0.2, 0.25) is 0 Å². The van der Waals surface area contributed by atoms with Crippen molar-refractivity contribution in [1.82, 2.24) is 5.32 Å². The molecule has 1 fully saturated rings. The number of thioether (sulfide) groups is 1.